The minimum Gasteiger partial charge on any atom is -0.395 e. The van der Waals surface area contributed by atoms with Gasteiger partial charge in [-0.15, -0.1) is 0 Å². The second kappa shape index (κ2) is 13.8. The Morgan fingerprint density at radius 3 is 2.18 bits per heavy atom. The molecule has 1 aromatic carbocycles. The van der Waals surface area contributed by atoms with E-state index in [2.05, 4.69) is 76.5 Å². The van der Waals surface area contributed by atoms with Crippen molar-refractivity contribution in [3.63, 3.8) is 0 Å². The first-order valence-electron chi connectivity index (χ1n) is 19.7. The Hall–Kier alpha value is -1.54. The molecule has 4 fully saturated rings. The molecule has 0 aliphatic heterocycles. The highest BCUT2D eigenvalue weighted by molar-refractivity contribution is 5.71. The Labute approximate surface area is 297 Å². The third-order valence-electron chi connectivity index (χ3n) is 16.3. The molecular formula is C43H68N2O4. The van der Waals surface area contributed by atoms with Gasteiger partial charge in [0.1, 0.15) is 0 Å². The van der Waals surface area contributed by atoms with E-state index in [4.69, 9.17) is 0 Å². The van der Waals surface area contributed by atoms with Crippen molar-refractivity contribution in [1.29, 1.82) is 0 Å². The second-order valence-electron chi connectivity index (χ2n) is 18.6. The summed E-state index contributed by atoms with van der Waals surface area (Å²) in [4.78, 5) is 2.16. The zero-order valence-electron chi connectivity index (χ0n) is 31.6. The number of fused-ring (bicyclic) bond motifs is 7. The first-order chi connectivity index (χ1) is 23.2. The van der Waals surface area contributed by atoms with E-state index in [1.165, 1.54) is 68.1 Å². The van der Waals surface area contributed by atoms with Crippen LogP contribution in [0.1, 0.15) is 117 Å². The Kier molecular flexibility index (Phi) is 10.5. The fourth-order valence-electron chi connectivity index (χ4n) is 13.7. The molecule has 0 heterocycles. The smallest absolute Gasteiger partial charge is 0.178 e. The summed E-state index contributed by atoms with van der Waals surface area (Å²) >= 11 is 0. The van der Waals surface area contributed by atoms with Crippen LogP contribution in [0.25, 0.3) is 5.57 Å². The summed E-state index contributed by atoms with van der Waals surface area (Å²) in [7, 11) is 0. The van der Waals surface area contributed by atoms with Gasteiger partial charge in [0.25, 0.3) is 0 Å². The van der Waals surface area contributed by atoms with Crippen molar-refractivity contribution in [3.8, 4) is 0 Å². The molecule has 6 heteroatoms. The highest BCUT2D eigenvalue weighted by atomic mass is 16.5. The van der Waals surface area contributed by atoms with Gasteiger partial charge in [0.2, 0.25) is 0 Å². The van der Waals surface area contributed by atoms with Crippen molar-refractivity contribution in [1.82, 2.24) is 10.2 Å². The first kappa shape index (κ1) is 37.2. The fraction of sp³-hybridized carbons (Fsp3) is 0.767. The van der Waals surface area contributed by atoms with Crippen LogP contribution in [0.5, 0.6) is 0 Å². The maximum Gasteiger partial charge on any atom is 0.178 e. The summed E-state index contributed by atoms with van der Waals surface area (Å²) in [5.41, 5.74) is 5.82. The molecule has 4 saturated carbocycles. The molecule has 5 aliphatic carbocycles. The predicted octanol–water partition coefficient (Wildman–Crippen LogP) is 7.20. The lowest BCUT2D eigenvalue weighted by Crippen LogP contribution is -2.65. The molecule has 0 amide bonds. The molecular weight excluding hydrogens is 608 g/mol. The van der Waals surface area contributed by atoms with Crippen molar-refractivity contribution in [3.05, 3.63) is 53.6 Å². The lowest BCUT2D eigenvalue weighted by atomic mass is 9.32. The average molecular weight is 677 g/mol. The first-order valence-corrected chi connectivity index (χ1v) is 19.7. The van der Waals surface area contributed by atoms with Gasteiger partial charge in [-0.3, -0.25) is 4.90 Å². The van der Waals surface area contributed by atoms with Crippen molar-refractivity contribution >= 4 is 5.57 Å². The van der Waals surface area contributed by atoms with E-state index in [0.29, 0.717) is 58.6 Å². The highest BCUT2D eigenvalue weighted by Crippen LogP contribution is 2.77. The van der Waals surface area contributed by atoms with E-state index in [1.54, 1.807) is 0 Å². The maximum atomic E-state index is 9.68. The quantitative estimate of drug-likeness (QED) is 0.0914. The Morgan fingerprint density at radius 2 is 1.55 bits per heavy atom. The van der Waals surface area contributed by atoms with Crippen molar-refractivity contribution in [2.75, 3.05) is 45.9 Å². The number of nitrogens with zero attached hydrogens (tertiary/aromatic N) is 1. The van der Waals surface area contributed by atoms with E-state index in [9.17, 15) is 20.4 Å². The Balaban J connectivity index is 1.25. The number of hydrogen-bond donors (Lipinski definition) is 5. The van der Waals surface area contributed by atoms with Crippen LogP contribution in [0.4, 0.5) is 0 Å². The van der Waals surface area contributed by atoms with Crippen LogP contribution in [0, 0.1) is 56.7 Å². The van der Waals surface area contributed by atoms with Crippen molar-refractivity contribution in [2.24, 2.45) is 56.7 Å². The molecule has 49 heavy (non-hydrogen) atoms. The van der Waals surface area contributed by atoms with Gasteiger partial charge in [0, 0.05) is 38.3 Å². The topological polar surface area (TPSA) is 96.2 Å². The largest absolute Gasteiger partial charge is 0.395 e. The molecule has 0 aromatic heterocycles. The number of hydrogen-bond acceptors (Lipinski definition) is 6. The normalized spacial score (nSPS) is 39.6. The third kappa shape index (κ3) is 6.03. The van der Waals surface area contributed by atoms with Crippen LogP contribution in [-0.4, -0.2) is 71.3 Å². The van der Waals surface area contributed by atoms with Crippen LogP contribution in [0.3, 0.4) is 0 Å². The van der Waals surface area contributed by atoms with Crippen LogP contribution >= 0.6 is 0 Å². The van der Waals surface area contributed by atoms with E-state index < -0.39 is 6.29 Å². The van der Waals surface area contributed by atoms with Gasteiger partial charge in [-0.1, -0.05) is 77.1 Å². The Bertz CT molecular complexity index is 1370. The molecule has 6 rings (SSSR count). The van der Waals surface area contributed by atoms with Gasteiger partial charge < -0.3 is 25.7 Å². The van der Waals surface area contributed by atoms with Gasteiger partial charge in [-0.05, 0) is 133 Å². The van der Waals surface area contributed by atoms with E-state index in [0.717, 1.165) is 32.0 Å². The standard InChI is InChI=1S/C43H68N2O4/c1-29(2)32-14-19-43(28-44-22-23-45(24-26-46)25-27-47)21-20-41(6)34(37(32)43)12-13-36-40(5)17-15-33(30-8-10-31(11-9-30)38(48)49)39(3,4)35(40)16-18-42(36,41)7/h8-11,15,32,34-38,44,46-49H,1,12-14,16-28H2,2-7H3. The zero-order chi connectivity index (χ0) is 35.4. The number of allylic oxidation sites excluding steroid dienone is 3. The summed E-state index contributed by atoms with van der Waals surface area (Å²) in [5, 5.41) is 42.2. The van der Waals surface area contributed by atoms with Gasteiger partial charge in [-0.2, -0.15) is 0 Å². The molecule has 274 valence electrons. The molecule has 6 nitrogen and oxygen atoms in total. The SMILES string of the molecule is C=C(C)C1CCC2(CNCCN(CCO)CCO)CCC3(C)C(CCC4C5(C)CC=C(c6ccc(C(O)O)cc6)C(C)(C)C5CCC43C)C12. The molecule has 9 unspecified atom stereocenters. The lowest BCUT2D eigenvalue weighted by molar-refractivity contribution is -0.225. The number of aliphatic hydroxyl groups is 4. The number of nitrogens with one attached hydrogen (secondary N) is 1. The summed E-state index contributed by atoms with van der Waals surface area (Å²) in [5.74, 6) is 3.32. The fourth-order valence-corrected chi connectivity index (χ4v) is 13.7. The third-order valence-corrected chi connectivity index (χ3v) is 16.3. The predicted molar refractivity (Wildman–Crippen MR) is 199 cm³/mol. The Morgan fingerprint density at radius 1 is 0.857 bits per heavy atom. The molecule has 5 N–H and O–H groups in total. The molecule has 0 bridgehead atoms. The molecule has 0 saturated heterocycles. The lowest BCUT2D eigenvalue weighted by Gasteiger charge is -2.72. The van der Waals surface area contributed by atoms with E-state index >= 15 is 0 Å². The van der Waals surface area contributed by atoms with Gasteiger partial charge >= 0.3 is 0 Å². The monoisotopic (exact) mass is 677 g/mol. The highest BCUT2D eigenvalue weighted by Gasteiger charge is 2.70. The molecule has 0 spiro atoms. The minimum absolute atomic E-state index is 0.0409. The van der Waals surface area contributed by atoms with Crippen LogP contribution in [-0.2, 0) is 0 Å². The van der Waals surface area contributed by atoms with E-state index in [1.807, 2.05) is 12.1 Å². The average Bonchev–Trinajstić information content (AvgIpc) is 3.43. The van der Waals surface area contributed by atoms with Crippen molar-refractivity contribution in [2.45, 2.75) is 106 Å². The van der Waals surface area contributed by atoms with Gasteiger partial charge in [-0.25, -0.2) is 0 Å². The molecule has 0 radical (unpaired) electrons. The van der Waals surface area contributed by atoms with Crippen LogP contribution < -0.4 is 5.32 Å². The zero-order valence-corrected chi connectivity index (χ0v) is 31.6. The van der Waals surface area contributed by atoms with Gasteiger partial charge in [0.15, 0.2) is 6.29 Å². The number of rotatable bonds is 12. The molecule has 1 aromatic rings. The molecule has 5 aliphatic rings. The van der Waals surface area contributed by atoms with E-state index in [-0.39, 0.29) is 24.0 Å². The summed E-state index contributed by atoms with van der Waals surface area (Å²) < 4.78 is 0. The number of aliphatic hydroxyl groups excluding tert-OH is 3. The summed E-state index contributed by atoms with van der Waals surface area (Å²) in [6.07, 6.45) is 12.7. The number of benzene rings is 1. The molecule has 9 atom stereocenters. The van der Waals surface area contributed by atoms with Crippen LogP contribution in [0.2, 0.25) is 0 Å². The minimum atomic E-state index is -1.43. The van der Waals surface area contributed by atoms with Gasteiger partial charge in [0.05, 0.1) is 13.2 Å². The summed E-state index contributed by atoms with van der Waals surface area (Å²) in [6, 6.07) is 7.92. The van der Waals surface area contributed by atoms with Crippen LogP contribution in [0.15, 0.2) is 42.5 Å². The maximum absolute atomic E-state index is 9.68. The summed E-state index contributed by atoms with van der Waals surface area (Å²) in [6.45, 7) is 24.3. The van der Waals surface area contributed by atoms with Crippen molar-refractivity contribution < 1.29 is 20.4 Å². The second-order valence-corrected chi connectivity index (χ2v) is 18.6.